The zero-order chi connectivity index (χ0) is 15.1. The van der Waals surface area contributed by atoms with Gasteiger partial charge in [-0.1, -0.05) is 20.3 Å². The van der Waals surface area contributed by atoms with Crippen molar-refractivity contribution >= 4 is 6.09 Å². The molecule has 0 spiro atoms. The van der Waals surface area contributed by atoms with Crippen LogP contribution in [0.5, 0.6) is 0 Å². The number of amides is 1. The second-order valence-corrected chi connectivity index (χ2v) is 5.92. The highest BCUT2D eigenvalue weighted by Gasteiger charge is 2.24. The Morgan fingerprint density at radius 1 is 1.42 bits per heavy atom. The molecule has 3 atom stereocenters. The summed E-state index contributed by atoms with van der Waals surface area (Å²) in [6, 6.07) is 1.17. The fourth-order valence-corrected chi connectivity index (χ4v) is 1.53. The first kappa shape index (κ1) is 17.7. The Morgan fingerprint density at radius 3 is 2.42 bits per heavy atom. The zero-order valence-corrected chi connectivity index (χ0v) is 12.6. The van der Waals surface area contributed by atoms with Crippen LogP contribution in [-0.4, -0.2) is 28.9 Å². The Bertz CT molecular complexity index is 318. The molecule has 1 amide bonds. The number of carbonyl (C=O) groups is 1. The second kappa shape index (κ2) is 8.00. The van der Waals surface area contributed by atoms with Gasteiger partial charge in [0.1, 0.15) is 5.60 Å². The predicted octanol–water partition coefficient (Wildman–Crippen LogP) is 2.59. The molecule has 0 bridgehead atoms. The Hall–Kier alpha value is -1.28. The van der Waals surface area contributed by atoms with Crippen molar-refractivity contribution in [3.63, 3.8) is 0 Å². The maximum absolute atomic E-state index is 11.6. The normalized spacial score (nSPS) is 16.1. The van der Waals surface area contributed by atoms with Gasteiger partial charge in [0.15, 0.2) is 6.10 Å². The molecule has 0 aromatic rings. The molecule has 0 heterocycles. The van der Waals surface area contributed by atoms with E-state index in [1.165, 1.54) is 0 Å². The SMILES string of the molecule is CCC(C)CCC(NC(=O)OC(C)(C)C)C(O)C#N. The highest BCUT2D eigenvalue weighted by molar-refractivity contribution is 5.68. The molecule has 5 heteroatoms. The number of ether oxygens (including phenoxy) is 1. The number of alkyl carbamates (subject to hydrolysis) is 1. The Kier molecular flexibility index (Phi) is 7.47. The van der Waals surface area contributed by atoms with Crippen LogP contribution in [0, 0.1) is 17.2 Å². The van der Waals surface area contributed by atoms with Crippen LogP contribution in [0.25, 0.3) is 0 Å². The number of rotatable bonds is 6. The van der Waals surface area contributed by atoms with E-state index in [1.807, 2.05) is 0 Å². The molecule has 2 N–H and O–H groups in total. The van der Waals surface area contributed by atoms with Gasteiger partial charge < -0.3 is 15.2 Å². The number of aliphatic hydroxyl groups is 1. The molecule has 0 aliphatic rings. The molecule has 0 fully saturated rings. The van der Waals surface area contributed by atoms with Crippen LogP contribution in [-0.2, 0) is 4.74 Å². The lowest BCUT2D eigenvalue weighted by atomic mass is 9.97. The molecule has 5 nitrogen and oxygen atoms in total. The smallest absolute Gasteiger partial charge is 0.407 e. The van der Waals surface area contributed by atoms with Gasteiger partial charge in [0, 0.05) is 0 Å². The van der Waals surface area contributed by atoms with Gasteiger partial charge in [0.25, 0.3) is 0 Å². The molecule has 19 heavy (non-hydrogen) atoms. The van der Waals surface area contributed by atoms with E-state index in [9.17, 15) is 9.90 Å². The summed E-state index contributed by atoms with van der Waals surface area (Å²) in [5.74, 6) is 0.494. The van der Waals surface area contributed by atoms with Crippen molar-refractivity contribution in [3.8, 4) is 6.07 Å². The number of hydrogen-bond donors (Lipinski definition) is 2. The van der Waals surface area contributed by atoms with E-state index >= 15 is 0 Å². The summed E-state index contributed by atoms with van der Waals surface area (Å²) in [6.45, 7) is 9.48. The summed E-state index contributed by atoms with van der Waals surface area (Å²) >= 11 is 0. The minimum atomic E-state index is -1.21. The van der Waals surface area contributed by atoms with Crippen LogP contribution in [0.4, 0.5) is 4.79 Å². The molecule has 0 radical (unpaired) electrons. The van der Waals surface area contributed by atoms with E-state index in [2.05, 4.69) is 19.2 Å². The molecule has 110 valence electrons. The standard InChI is InChI=1S/C14H26N2O3/c1-6-10(2)7-8-11(12(17)9-15)16-13(18)19-14(3,4)5/h10-12,17H,6-8H2,1-5H3,(H,16,18). The molecule has 0 aliphatic heterocycles. The topological polar surface area (TPSA) is 82.3 Å². The van der Waals surface area contributed by atoms with Gasteiger partial charge in [-0.25, -0.2) is 4.79 Å². The van der Waals surface area contributed by atoms with Crippen molar-refractivity contribution in [1.82, 2.24) is 5.32 Å². The third-order valence-corrected chi connectivity index (χ3v) is 2.88. The van der Waals surface area contributed by atoms with E-state index in [1.54, 1.807) is 26.8 Å². The number of nitrogens with zero attached hydrogens (tertiary/aromatic N) is 1. The van der Waals surface area contributed by atoms with Crippen molar-refractivity contribution in [2.75, 3.05) is 0 Å². The van der Waals surface area contributed by atoms with Crippen molar-refractivity contribution in [2.45, 2.75) is 71.6 Å². The second-order valence-electron chi connectivity index (χ2n) is 5.92. The van der Waals surface area contributed by atoms with Gasteiger partial charge in [-0.05, 0) is 39.5 Å². The van der Waals surface area contributed by atoms with Gasteiger partial charge in [-0.3, -0.25) is 0 Å². The largest absolute Gasteiger partial charge is 0.444 e. The van der Waals surface area contributed by atoms with Crippen molar-refractivity contribution in [3.05, 3.63) is 0 Å². The molecule has 0 aromatic heterocycles. The minimum Gasteiger partial charge on any atom is -0.444 e. The first-order valence-electron chi connectivity index (χ1n) is 6.76. The molecular weight excluding hydrogens is 244 g/mol. The Labute approximate surface area is 115 Å². The Morgan fingerprint density at radius 2 is 2.00 bits per heavy atom. The van der Waals surface area contributed by atoms with Gasteiger partial charge >= 0.3 is 6.09 Å². The van der Waals surface area contributed by atoms with E-state index in [-0.39, 0.29) is 0 Å². The maximum Gasteiger partial charge on any atom is 0.407 e. The average Bonchev–Trinajstić information content (AvgIpc) is 2.30. The van der Waals surface area contributed by atoms with Crippen LogP contribution >= 0.6 is 0 Å². The van der Waals surface area contributed by atoms with E-state index in [4.69, 9.17) is 10.00 Å². The molecular formula is C14H26N2O3. The van der Waals surface area contributed by atoms with E-state index in [0.29, 0.717) is 12.3 Å². The summed E-state index contributed by atoms with van der Waals surface area (Å²) in [6.07, 6.45) is 0.619. The third kappa shape index (κ3) is 8.44. The zero-order valence-electron chi connectivity index (χ0n) is 12.6. The molecule has 0 saturated heterocycles. The van der Waals surface area contributed by atoms with Crippen molar-refractivity contribution < 1.29 is 14.6 Å². The summed E-state index contributed by atoms with van der Waals surface area (Å²) in [5, 5.41) is 21.0. The van der Waals surface area contributed by atoms with Gasteiger partial charge in [0.05, 0.1) is 12.1 Å². The monoisotopic (exact) mass is 270 g/mol. The predicted molar refractivity (Wildman–Crippen MR) is 73.5 cm³/mol. The summed E-state index contributed by atoms with van der Waals surface area (Å²) < 4.78 is 5.13. The number of nitrogens with one attached hydrogen (secondary N) is 1. The number of carbonyl (C=O) groups excluding carboxylic acids is 1. The van der Waals surface area contributed by atoms with Crippen LogP contribution in [0.3, 0.4) is 0 Å². The van der Waals surface area contributed by atoms with Crippen LogP contribution in [0.2, 0.25) is 0 Å². The average molecular weight is 270 g/mol. The quantitative estimate of drug-likeness (QED) is 0.727. The summed E-state index contributed by atoms with van der Waals surface area (Å²) in [4.78, 5) is 11.6. The third-order valence-electron chi connectivity index (χ3n) is 2.88. The number of nitriles is 1. The number of hydrogen-bond acceptors (Lipinski definition) is 4. The first-order valence-corrected chi connectivity index (χ1v) is 6.76. The number of aliphatic hydroxyl groups excluding tert-OH is 1. The maximum atomic E-state index is 11.6. The fraction of sp³-hybridized carbons (Fsp3) is 0.857. The highest BCUT2D eigenvalue weighted by Crippen LogP contribution is 2.14. The van der Waals surface area contributed by atoms with Crippen LogP contribution in [0.1, 0.15) is 53.9 Å². The molecule has 0 saturated carbocycles. The molecule has 0 aromatic carbocycles. The van der Waals surface area contributed by atoms with Crippen LogP contribution in [0.15, 0.2) is 0 Å². The van der Waals surface area contributed by atoms with Crippen LogP contribution < -0.4 is 5.32 Å². The van der Waals surface area contributed by atoms with E-state index < -0.39 is 23.8 Å². The van der Waals surface area contributed by atoms with Gasteiger partial charge in [-0.2, -0.15) is 5.26 Å². The van der Waals surface area contributed by atoms with E-state index in [0.717, 1.165) is 12.8 Å². The summed E-state index contributed by atoms with van der Waals surface area (Å²) in [5.41, 5.74) is -0.594. The fourth-order valence-electron chi connectivity index (χ4n) is 1.53. The van der Waals surface area contributed by atoms with Crippen molar-refractivity contribution in [1.29, 1.82) is 5.26 Å². The minimum absolute atomic E-state index is 0.494. The summed E-state index contributed by atoms with van der Waals surface area (Å²) in [7, 11) is 0. The molecule has 0 rings (SSSR count). The lowest BCUT2D eigenvalue weighted by molar-refractivity contribution is 0.0450. The lowest BCUT2D eigenvalue weighted by Gasteiger charge is -2.25. The van der Waals surface area contributed by atoms with Gasteiger partial charge in [-0.15, -0.1) is 0 Å². The highest BCUT2D eigenvalue weighted by atomic mass is 16.6. The van der Waals surface area contributed by atoms with Crippen molar-refractivity contribution in [2.24, 2.45) is 5.92 Å². The first-order chi connectivity index (χ1) is 8.69. The lowest BCUT2D eigenvalue weighted by Crippen LogP contribution is -2.45. The van der Waals surface area contributed by atoms with Gasteiger partial charge in [0.2, 0.25) is 0 Å². The Balaban J connectivity index is 4.44. The molecule has 3 unspecified atom stereocenters. The molecule has 0 aliphatic carbocycles.